The van der Waals surface area contributed by atoms with Crippen LogP contribution in [0.3, 0.4) is 0 Å². The summed E-state index contributed by atoms with van der Waals surface area (Å²) in [5.74, 6) is 0.635. The molecule has 1 heterocycles. The zero-order chi connectivity index (χ0) is 15.1. The normalized spacial score (nSPS) is 18.8. The summed E-state index contributed by atoms with van der Waals surface area (Å²) in [6, 6.07) is 6.40. The van der Waals surface area contributed by atoms with Crippen molar-refractivity contribution in [3.63, 3.8) is 0 Å². The molecule has 2 rings (SSSR count). The van der Waals surface area contributed by atoms with E-state index < -0.39 is 10.0 Å². The molecule has 6 nitrogen and oxygen atoms in total. The van der Waals surface area contributed by atoms with Crippen LogP contribution in [-0.4, -0.2) is 47.4 Å². The van der Waals surface area contributed by atoms with E-state index in [0.717, 1.165) is 13.0 Å². The second-order valence-electron chi connectivity index (χ2n) is 4.83. The molecule has 118 valence electrons. The zero-order valence-electron chi connectivity index (χ0n) is 12.2. The summed E-state index contributed by atoms with van der Waals surface area (Å²) in [5, 5.41) is 3.13. The SMILES string of the molecule is CCOCCOc1ccc(S(=O)(=O)NC2CCNC2)cc1. The van der Waals surface area contributed by atoms with Crippen molar-refractivity contribution in [2.75, 3.05) is 32.9 Å². The molecule has 1 aromatic rings. The molecule has 0 saturated carbocycles. The fraction of sp³-hybridized carbons (Fsp3) is 0.571. The van der Waals surface area contributed by atoms with Gasteiger partial charge in [0.05, 0.1) is 11.5 Å². The van der Waals surface area contributed by atoms with Crippen molar-refractivity contribution in [2.45, 2.75) is 24.3 Å². The Bertz CT molecular complexity index is 524. The van der Waals surface area contributed by atoms with E-state index in [1.165, 1.54) is 0 Å². The monoisotopic (exact) mass is 314 g/mol. The van der Waals surface area contributed by atoms with Gasteiger partial charge in [0.1, 0.15) is 12.4 Å². The lowest BCUT2D eigenvalue weighted by atomic mass is 10.3. The minimum Gasteiger partial charge on any atom is -0.491 e. The van der Waals surface area contributed by atoms with Crippen LogP contribution in [0.2, 0.25) is 0 Å². The average molecular weight is 314 g/mol. The lowest BCUT2D eigenvalue weighted by Gasteiger charge is -2.12. The first-order valence-electron chi connectivity index (χ1n) is 7.15. The van der Waals surface area contributed by atoms with Gasteiger partial charge in [0, 0.05) is 19.2 Å². The fourth-order valence-electron chi connectivity index (χ4n) is 2.12. The van der Waals surface area contributed by atoms with Crippen LogP contribution in [-0.2, 0) is 14.8 Å². The molecule has 1 unspecified atom stereocenters. The molecule has 2 N–H and O–H groups in total. The number of ether oxygens (including phenoxy) is 2. The third-order valence-corrected chi connectivity index (χ3v) is 4.75. The lowest BCUT2D eigenvalue weighted by molar-refractivity contribution is 0.110. The van der Waals surface area contributed by atoms with Gasteiger partial charge in [-0.2, -0.15) is 0 Å². The predicted octanol–water partition coefficient (Wildman–Crippen LogP) is 0.742. The van der Waals surface area contributed by atoms with Gasteiger partial charge in [-0.15, -0.1) is 0 Å². The molecular weight excluding hydrogens is 292 g/mol. The van der Waals surface area contributed by atoms with E-state index in [4.69, 9.17) is 9.47 Å². The highest BCUT2D eigenvalue weighted by Gasteiger charge is 2.22. The van der Waals surface area contributed by atoms with Gasteiger partial charge in [-0.25, -0.2) is 13.1 Å². The molecule has 1 atom stereocenters. The maximum atomic E-state index is 12.2. The van der Waals surface area contributed by atoms with Gasteiger partial charge in [0.25, 0.3) is 0 Å². The van der Waals surface area contributed by atoms with Crippen molar-refractivity contribution in [1.82, 2.24) is 10.0 Å². The Kier molecular flexibility index (Phi) is 5.98. The van der Waals surface area contributed by atoms with Gasteiger partial charge in [-0.3, -0.25) is 0 Å². The van der Waals surface area contributed by atoms with Gasteiger partial charge >= 0.3 is 0 Å². The second kappa shape index (κ2) is 7.74. The number of hydrogen-bond donors (Lipinski definition) is 2. The van der Waals surface area contributed by atoms with E-state index in [0.29, 0.717) is 32.1 Å². The van der Waals surface area contributed by atoms with Gasteiger partial charge < -0.3 is 14.8 Å². The fourth-order valence-corrected chi connectivity index (χ4v) is 3.39. The second-order valence-corrected chi connectivity index (χ2v) is 6.54. The maximum absolute atomic E-state index is 12.2. The Balaban J connectivity index is 1.90. The summed E-state index contributed by atoms with van der Waals surface area (Å²) in [6.07, 6.45) is 0.817. The van der Waals surface area contributed by atoms with E-state index in [2.05, 4.69) is 10.0 Å². The largest absolute Gasteiger partial charge is 0.491 e. The molecule has 7 heteroatoms. The summed E-state index contributed by atoms with van der Waals surface area (Å²) >= 11 is 0. The standard InChI is InChI=1S/C14H22N2O4S/c1-2-19-9-10-20-13-3-5-14(6-4-13)21(17,18)16-12-7-8-15-11-12/h3-6,12,15-16H,2,7-11H2,1H3. The summed E-state index contributed by atoms with van der Waals surface area (Å²) in [5.41, 5.74) is 0. The maximum Gasteiger partial charge on any atom is 0.240 e. The Morgan fingerprint density at radius 2 is 2.05 bits per heavy atom. The summed E-state index contributed by atoms with van der Waals surface area (Å²) in [7, 11) is -3.46. The smallest absolute Gasteiger partial charge is 0.240 e. The molecule has 1 fully saturated rings. The van der Waals surface area contributed by atoms with Gasteiger partial charge in [0.2, 0.25) is 10.0 Å². The van der Waals surface area contributed by atoms with Gasteiger partial charge in [0.15, 0.2) is 0 Å². The van der Waals surface area contributed by atoms with Crippen LogP contribution >= 0.6 is 0 Å². The van der Waals surface area contributed by atoms with Gasteiger partial charge in [-0.05, 0) is 44.2 Å². The Labute approximate surface area is 125 Å². The first-order valence-corrected chi connectivity index (χ1v) is 8.64. The number of rotatable bonds is 8. The molecule has 0 radical (unpaired) electrons. The zero-order valence-corrected chi connectivity index (χ0v) is 13.0. The molecule has 1 aliphatic heterocycles. The highest BCUT2D eigenvalue weighted by molar-refractivity contribution is 7.89. The van der Waals surface area contributed by atoms with Crippen molar-refractivity contribution < 1.29 is 17.9 Å². The van der Waals surface area contributed by atoms with Crippen LogP contribution in [0.25, 0.3) is 0 Å². The van der Waals surface area contributed by atoms with Crippen LogP contribution in [0.5, 0.6) is 5.75 Å². The van der Waals surface area contributed by atoms with E-state index in [-0.39, 0.29) is 10.9 Å². The first kappa shape index (κ1) is 16.2. The molecule has 21 heavy (non-hydrogen) atoms. The molecule has 1 aromatic carbocycles. The summed E-state index contributed by atoms with van der Waals surface area (Å²) in [6.45, 7) is 5.07. The summed E-state index contributed by atoms with van der Waals surface area (Å²) in [4.78, 5) is 0.256. The van der Waals surface area contributed by atoms with Crippen LogP contribution in [0.1, 0.15) is 13.3 Å². The minimum atomic E-state index is -3.46. The van der Waals surface area contributed by atoms with Crippen molar-refractivity contribution in [2.24, 2.45) is 0 Å². The molecule has 1 aliphatic rings. The topological polar surface area (TPSA) is 76.7 Å². The van der Waals surface area contributed by atoms with E-state index in [9.17, 15) is 8.42 Å². The Hall–Kier alpha value is -1.15. The van der Waals surface area contributed by atoms with Gasteiger partial charge in [-0.1, -0.05) is 0 Å². The van der Waals surface area contributed by atoms with Crippen LogP contribution < -0.4 is 14.8 Å². The summed E-state index contributed by atoms with van der Waals surface area (Å²) < 4.78 is 37.7. The molecule has 1 saturated heterocycles. The third kappa shape index (κ3) is 4.96. The molecular formula is C14H22N2O4S. The first-order chi connectivity index (χ1) is 10.1. The Morgan fingerprint density at radius 1 is 1.29 bits per heavy atom. The van der Waals surface area contributed by atoms with Crippen LogP contribution in [0.15, 0.2) is 29.2 Å². The van der Waals surface area contributed by atoms with Crippen LogP contribution in [0.4, 0.5) is 0 Å². The number of nitrogens with one attached hydrogen (secondary N) is 2. The number of benzene rings is 1. The highest BCUT2D eigenvalue weighted by Crippen LogP contribution is 2.16. The predicted molar refractivity (Wildman–Crippen MR) is 80.0 cm³/mol. The third-order valence-electron chi connectivity index (χ3n) is 3.22. The molecule has 0 aliphatic carbocycles. The molecule has 0 amide bonds. The molecule has 0 bridgehead atoms. The molecule has 0 aromatic heterocycles. The molecule has 0 spiro atoms. The van der Waals surface area contributed by atoms with E-state index in [1.807, 2.05) is 6.92 Å². The van der Waals surface area contributed by atoms with E-state index >= 15 is 0 Å². The number of sulfonamides is 1. The van der Waals surface area contributed by atoms with E-state index in [1.54, 1.807) is 24.3 Å². The Morgan fingerprint density at radius 3 is 2.67 bits per heavy atom. The average Bonchev–Trinajstić information content (AvgIpc) is 2.96. The quantitative estimate of drug-likeness (QED) is 0.692. The lowest BCUT2D eigenvalue weighted by Crippen LogP contribution is -2.36. The minimum absolute atomic E-state index is 0.0304. The van der Waals surface area contributed by atoms with Crippen molar-refractivity contribution in [1.29, 1.82) is 0 Å². The van der Waals surface area contributed by atoms with Crippen molar-refractivity contribution in [3.05, 3.63) is 24.3 Å². The van der Waals surface area contributed by atoms with Crippen molar-refractivity contribution >= 4 is 10.0 Å². The number of hydrogen-bond acceptors (Lipinski definition) is 5. The highest BCUT2D eigenvalue weighted by atomic mass is 32.2. The van der Waals surface area contributed by atoms with Crippen molar-refractivity contribution in [3.8, 4) is 5.75 Å². The van der Waals surface area contributed by atoms with Crippen LogP contribution in [0, 0.1) is 0 Å².